The van der Waals surface area contributed by atoms with Gasteiger partial charge in [-0.2, -0.15) is 0 Å². The fraction of sp³-hybridized carbons (Fsp3) is 0.238. The molecule has 5 nitrogen and oxygen atoms in total. The summed E-state index contributed by atoms with van der Waals surface area (Å²) in [7, 11) is 0. The number of benzene rings is 1. The zero-order valence-corrected chi connectivity index (χ0v) is 15.3. The molecule has 2 heterocycles. The van der Waals surface area contributed by atoms with E-state index in [0.717, 1.165) is 39.5 Å². The smallest absolute Gasteiger partial charge is 0.221 e. The van der Waals surface area contributed by atoms with Crippen molar-refractivity contribution in [1.82, 2.24) is 9.38 Å². The molecule has 0 aliphatic carbocycles. The third-order valence-corrected chi connectivity index (χ3v) is 4.40. The quantitative estimate of drug-likeness (QED) is 0.693. The second-order valence-corrected chi connectivity index (χ2v) is 6.28. The van der Waals surface area contributed by atoms with Crippen LogP contribution in [0.1, 0.15) is 29.4 Å². The Morgan fingerprint density at radius 2 is 2.00 bits per heavy atom. The van der Waals surface area contributed by atoms with Gasteiger partial charge >= 0.3 is 0 Å². The molecule has 1 aromatic carbocycles. The third-order valence-electron chi connectivity index (χ3n) is 4.40. The predicted octanol–water partition coefficient (Wildman–Crippen LogP) is 3.70. The Bertz CT molecular complexity index is 1010. The van der Waals surface area contributed by atoms with Gasteiger partial charge in [0.1, 0.15) is 0 Å². The van der Waals surface area contributed by atoms with Gasteiger partial charge in [0.2, 0.25) is 5.91 Å². The largest absolute Gasteiger partial charge is 0.378 e. The third kappa shape index (κ3) is 3.40. The van der Waals surface area contributed by atoms with Gasteiger partial charge in [-0.25, -0.2) is 4.98 Å². The minimum absolute atomic E-state index is 0.0817. The van der Waals surface area contributed by atoms with Crippen molar-refractivity contribution >= 4 is 22.9 Å². The Balaban J connectivity index is 1.93. The monoisotopic (exact) mass is 346 g/mol. The summed E-state index contributed by atoms with van der Waals surface area (Å²) in [4.78, 5) is 16.1. The fourth-order valence-electron chi connectivity index (χ4n) is 3.10. The summed E-state index contributed by atoms with van der Waals surface area (Å²) in [5.41, 5.74) is 6.73. The Labute approximate surface area is 153 Å². The molecule has 0 radical (unpaired) electrons. The number of aromatic nitrogens is 2. The summed E-state index contributed by atoms with van der Waals surface area (Å²) < 4.78 is 2.03. The van der Waals surface area contributed by atoms with Crippen LogP contribution in [-0.2, 0) is 17.8 Å². The first-order valence-corrected chi connectivity index (χ1v) is 8.51. The summed E-state index contributed by atoms with van der Waals surface area (Å²) in [5, 5.41) is 6.35. The molecule has 0 atom stereocenters. The van der Waals surface area contributed by atoms with E-state index in [9.17, 15) is 4.79 Å². The summed E-state index contributed by atoms with van der Waals surface area (Å²) in [6.45, 7) is 6.10. The van der Waals surface area contributed by atoms with Gasteiger partial charge < -0.3 is 15.0 Å². The highest BCUT2D eigenvalue weighted by Gasteiger charge is 2.12. The van der Waals surface area contributed by atoms with Gasteiger partial charge in [0.15, 0.2) is 5.65 Å². The molecule has 132 valence electrons. The molecule has 0 aliphatic rings. The highest BCUT2D eigenvalue weighted by molar-refractivity contribution is 5.89. The van der Waals surface area contributed by atoms with Gasteiger partial charge in [-0.3, -0.25) is 4.79 Å². The number of anilines is 2. The number of carbonyl (C=O) groups is 1. The number of pyridine rings is 1. The topological polar surface area (TPSA) is 58.4 Å². The van der Waals surface area contributed by atoms with Crippen molar-refractivity contribution in [2.45, 2.75) is 33.7 Å². The average Bonchev–Trinajstić information content (AvgIpc) is 2.91. The van der Waals surface area contributed by atoms with E-state index >= 15 is 0 Å². The van der Waals surface area contributed by atoms with Crippen molar-refractivity contribution in [3.63, 3.8) is 0 Å². The number of hydrogen-bond donors (Lipinski definition) is 2. The van der Waals surface area contributed by atoms with Gasteiger partial charge in [0.05, 0.1) is 23.5 Å². The number of nitrogens with one attached hydrogen (secondary N) is 2. The van der Waals surface area contributed by atoms with Crippen molar-refractivity contribution < 1.29 is 4.79 Å². The Morgan fingerprint density at radius 1 is 1.23 bits per heavy atom. The summed E-state index contributed by atoms with van der Waals surface area (Å²) in [6, 6.07) is 9.86. The molecule has 5 heteroatoms. The highest BCUT2D eigenvalue weighted by atomic mass is 16.1. The zero-order valence-electron chi connectivity index (χ0n) is 15.3. The van der Waals surface area contributed by atoms with Crippen molar-refractivity contribution in [1.29, 1.82) is 0 Å². The van der Waals surface area contributed by atoms with Crippen LogP contribution in [0.5, 0.6) is 0 Å². The van der Waals surface area contributed by atoms with Crippen molar-refractivity contribution in [3.8, 4) is 12.3 Å². The predicted molar refractivity (Wildman–Crippen MR) is 105 cm³/mol. The van der Waals surface area contributed by atoms with E-state index in [1.165, 1.54) is 6.92 Å². The molecular formula is C21H22N4O. The standard InChI is InChI=1S/C21H22N4O/c1-5-8-20-15(3)23-21-19(11-7-12-25(20)21)22-13-17-14(2)9-6-10-18(17)24-16(4)26/h1,6-7,9-12,22H,8,13H2,2-4H3,(H,24,26). The molecule has 26 heavy (non-hydrogen) atoms. The van der Waals surface area contributed by atoms with Gasteiger partial charge in [0, 0.05) is 25.4 Å². The Morgan fingerprint density at radius 3 is 2.73 bits per heavy atom. The minimum Gasteiger partial charge on any atom is -0.378 e. The van der Waals surface area contributed by atoms with Crippen LogP contribution in [0.2, 0.25) is 0 Å². The van der Waals surface area contributed by atoms with Crippen LogP contribution < -0.4 is 10.6 Å². The van der Waals surface area contributed by atoms with Gasteiger partial charge in [0.25, 0.3) is 0 Å². The molecule has 0 fully saturated rings. The second-order valence-electron chi connectivity index (χ2n) is 6.28. The summed E-state index contributed by atoms with van der Waals surface area (Å²) in [5.74, 6) is 2.61. The maximum Gasteiger partial charge on any atom is 0.221 e. The molecule has 3 aromatic rings. The number of hydrogen-bond acceptors (Lipinski definition) is 3. The fourth-order valence-corrected chi connectivity index (χ4v) is 3.10. The number of nitrogens with zero attached hydrogens (tertiary/aromatic N) is 2. The van der Waals surface area contributed by atoms with Crippen LogP contribution in [0, 0.1) is 26.2 Å². The number of terminal acetylenes is 1. The van der Waals surface area contributed by atoms with Crippen molar-refractivity contribution in [2.75, 3.05) is 10.6 Å². The van der Waals surface area contributed by atoms with Crippen LogP contribution in [0.4, 0.5) is 11.4 Å². The number of rotatable bonds is 5. The van der Waals surface area contributed by atoms with Crippen LogP contribution >= 0.6 is 0 Å². The van der Waals surface area contributed by atoms with Crippen LogP contribution in [0.15, 0.2) is 36.5 Å². The van der Waals surface area contributed by atoms with E-state index in [-0.39, 0.29) is 5.91 Å². The molecule has 2 N–H and O–H groups in total. The SMILES string of the molecule is C#CCc1c(C)nc2c(NCc3c(C)cccc3NC(C)=O)cccn12. The van der Waals surface area contributed by atoms with Gasteiger partial charge in [-0.1, -0.05) is 12.1 Å². The first-order chi connectivity index (χ1) is 12.5. The summed E-state index contributed by atoms with van der Waals surface area (Å²) >= 11 is 0. The van der Waals surface area contributed by atoms with Gasteiger partial charge in [-0.05, 0) is 43.2 Å². The molecule has 0 spiro atoms. The van der Waals surface area contributed by atoms with Crippen molar-refractivity contribution in [2.24, 2.45) is 0 Å². The van der Waals surface area contributed by atoms with E-state index in [1.54, 1.807) is 0 Å². The molecule has 0 saturated heterocycles. The molecule has 0 saturated carbocycles. The molecule has 0 bridgehead atoms. The summed E-state index contributed by atoms with van der Waals surface area (Å²) in [6.07, 6.45) is 8.00. The lowest BCUT2D eigenvalue weighted by Gasteiger charge is -2.15. The number of amides is 1. The number of carbonyl (C=O) groups excluding carboxylic acids is 1. The zero-order chi connectivity index (χ0) is 18.7. The number of fused-ring (bicyclic) bond motifs is 1. The first kappa shape index (κ1) is 17.6. The molecule has 0 unspecified atom stereocenters. The second kappa shape index (κ2) is 7.32. The Hall–Kier alpha value is -3.26. The normalized spacial score (nSPS) is 10.5. The van der Waals surface area contributed by atoms with Crippen LogP contribution in [0.3, 0.4) is 0 Å². The van der Waals surface area contributed by atoms with Crippen LogP contribution in [-0.4, -0.2) is 15.3 Å². The first-order valence-electron chi connectivity index (χ1n) is 8.51. The Kier molecular flexibility index (Phi) is 4.94. The highest BCUT2D eigenvalue weighted by Crippen LogP contribution is 2.24. The number of aryl methyl sites for hydroxylation is 2. The molecule has 2 aromatic heterocycles. The van der Waals surface area contributed by atoms with E-state index < -0.39 is 0 Å². The molecular weight excluding hydrogens is 324 g/mol. The molecule has 3 rings (SSSR count). The van der Waals surface area contributed by atoms with E-state index in [4.69, 9.17) is 6.42 Å². The lowest BCUT2D eigenvalue weighted by atomic mass is 10.1. The lowest BCUT2D eigenvalue weighted by molar-refractivity contribution is -0.114. The number of imidazole rings is 1. The van der Waals surface area contributed by atoms with Crippen LogP contribution in [0.25, 0.3) is 5.65 Å². The lowest BCUT2D eigenvalue weighted by Crippen LogP contribution is -2.11. The van der Waals surface area contributed by atoms with E-state index in [2.05, 4.69) is 21.5 Å². The average molecular weight is 346 g/mol. The molecule has 0 aliphatic heterocycles. The molecule has 1 amide bonds. The van der Waals surface area contributed by atoms with Gasteiger partial charge in [-0.15, -0.1) is 12.3 Å². The maximum absolute atomic E-state index is 11.5. The van der Waals surface area contributed by atoms with Crippen molar-refractivity contribution in [3.05, 3.63) is 59.0 Å². The van der Waals surface area contributed by atoms with E-state index in [1.807, 2.05) is 54.8 Å². The minimum atomic E-state index is -0.0817. The maximum atomic E-state index is 11.5. The van der Waals surface area contributed by atoms with E-state index in [0.29, 0.717) is 13.0 Å².